The van der Waals surface area contributed by atoms with E-state index in [0.29, 0.717) is 31.0 Å². The van der Waals surface area contributed by atoms with E-state index in [1.807, 2.05) is 48.5 Å². The molecular formula is C19H19BrN4O3. The van der Waals surface area contributed by atoms with E-state index in [9.17, 15) is 4.79 Å². The highest BCUT2D eigenvalue weighted by atomic mass is 79.9. The van der Waals surface area contributed by atoms with Crippen molar-refractivity contribution in [2.24, 2.45) is 0 Å². The van der Waals surface area contributed by atoms with Gasteiger partial charge in [0, 0.05) is 6.42 Å². The number of nitrogens with one attached hydrogen (secondary N) is 2. The Kier molecular flexibility index (Phi) is 6.43. The first-order valence-electron chi connectivity index (χ1n) is 8.40. The van der Waals surface area contributed by atoms with Crippen molar-refractivity contribution in [1.82, 2.24) is 15.2 Å². The Morgan fingerprint density at radius 2 is 1.89 bits per heavy atom. The number of amides is 1. The molecule has 3 aromatic rings. The Balaban J connectivity index is 1.49. The van der Waals surface area contributed by atoms with E-state index in [0.717, 1.165) is 15.8 Å². The molecule has 0 aliphatic heterocycles. The van der Waals surface area contributed by atoms with Crippen LogP contribution in [-0.2, 0) is 4.79 Å². The average molecular weight is 431 g/mol. The van der Waals surface area contributed by atoms with Gasteiger partial charge < -0.3 is 9.47 Å². The zero-order chi connectivity index (χ0) is 19.1. The number of carbonyl (C=O) groups is 1. The third-order valence-electron chi connectivity index (χ3n) is 3.74. The number of anilines is 1. The number of hydrogen-bond acceptors (Lipinski definition) is 5. The van der Waals surface area contributed by atoms with Crippen molar-refractivity contribution in [1.29, 1.82) is 0 Å². The monoisotopic (exact) mass is 430 g/mol. The minimum atomic E-state index is -0.170. The van der Waals surface area contributed by atoms with Crippen molar-refractivity contribution in [3.05, 3.63) is 53.0 Å². The first-order chi connectivity index (χ1) is 13.2. The predicted molar refractivity (Wildman–Crippen MR) is 106 cm³/mol. The summed E-state index contributed by atoms with van der Waals surface area (Å²) in [4.78, 5) is 16.4. The van der Waals surface area contributed by atoms with E-state index < -0.39 is 0 Å². The molecule has 0 aliphatic carbocycles. The Morgan fingerprint density at radius 3 is 2.67 bits per heavy atom. The van der Waals surface area contributed by atoms with Crippen LogP contribution >= 0.6 is 15.9 Å². The quantitative estimate of drug-likeness (QED) is 0.526. The molecule has 3 rings (SSSR count). The van der Waals surface area contributed by atoms with Crippen LogP contribution in [-0.4, -0.2) is 34.8 Å². The maximum absolute atomic E-state index is 12.1. The SMILES string of the molecule is COc1ccccc1-c1nc(NC(=O)CCCOc2ccccc2Br)n[nH]1. The number of methoxy groups -OCH3 is 1. The summed E-state index contributed by atoms with van der Waals surface area (Å²) in [6.07, 6.45) is 0.889. The molecule has 0 spiro atoms. The van der Waals surface area contributed by atoms with E-state index in [-0.39, 0.29) is 11.9 Å². The minimum absolute atomic E-state index is 0.170. The first-order valence-corrected chi connectivity index (χ1v) is 9.19. The number of hydrogen-bond donors (Lipinski definition) is 2. The summed E-state index contributed by atoms with van der Waals surface area (Å²) in [5.74, 6) is 2.02. The van der Waals surface area contributed by atoms with Gasteiger partial charge in [0.2, 0.25) is 11.9 Å². The fraction of sp³-hybridized carbons (Fsp3) is 0.211. The van der Waals surface area contributed by atoms with Gasteiger partial charge in [0.15, 0.2) is 5.82 Å². The van der Waals surface area contributed by atoms with Crippen LogP contribution in [0.4, 0.5) is 5.95 Å². The minimum Gasteiger partial charge on any atom is -0.496 e. The van der Waals surface area contributed by atoms with Crippen molar-refractivity contribution >= 4 is 27.8 Å². The molecule has 1 heterocycles. The van der Waals surface area contributed by atoms with Crippen LogP contribution in [0.2, 0.25) is 0 Å². The van der Waals surface area contributed by atoms with Gasteiger partial charge in [0.1, 0.15) is 11.5 Å². The Labute approximate surface area is 165 Å². The van der Waals surface area contributed by atoms with Crippen LogP contribution in [0.1, 0.15) is 12.8 Å². The number of rotatable bonds is 8. The molecule has 0 fully saturated rings. The summed E-state index contributed by atoms with van der Waals surface area (Å²) in [7, 11) is 1.59. The molecule has 2 N–H and O–H groups in total. The fourth-order valence-electron chi connectivity index (χ4n) is 2.44. The first kappa shape index (κ1) is 18.9. The number of para-hydroxylation sites is 2. The maximum atomic E-state index is 12.1. The molecule has 0 atom stereocenters. The largest absolute Gasteiger partial charge is 0.496 e. The van der Waals surface area contributed by atoms with Crippen LogP contribution < -0.4 is 14.8 Å². The molecule has 8 heteroatoms. The molecule has 0 bridgehead atoms. The number of carbonyl (C=O) groups excluding carboxylic acids is 1. The van der Waals surface area contributed by atoms with Crippen molar-refractivity contribution < 1.29 is 14.3 Å². The van der Waals surface area contributed by atoms with Crippen LogP contribution in [0.5, 0.6) is 11.5 Å². The molecule has 0 unspecified atom stereocenters. The van der Waals surface area contributed by atoms with Gasteiger partial charge in [-0.1, -0.05) is 24.3 Å². The van der Waals surface area contributed by atoms with Crippen LogP contribution in [0.3, 0.4) is 0 Å². The van der Waals surface area contributed by atoms with Crippen molar-refractivity contribution in [2.75, 3.05) is 19.0 Å². The second-order valence-corrected chi connectivity index (χ2v) is 6.49. The molecule has 2 aromatic carbocycles. The molecule has 140 valence electrons. The molecule has 0 saturated carbocycles. The Bertz CT molecular complexity index is 913. The van der Waals surface area contributed by atoms with Crippen LogP contribution in [0.15, 0.2) is 53.0 Å². The summed E-state index contributed by atoms with van der Waals surface area (Å²) in [6.45, 7) is 0.441. The molecular weight excluding hydrogens is 412 g/mol. The highest BCUT2D eigenvalue weighted by Crippen LogP contribution is 2.27. The van der Waals surface area contributed by atoms with E-state index in [1.54, 1.807) is 7.11 Å². The Hall–Kier alpha value is -2.87. The van der Waals surface area contributed by atoms with Crippen molar-refractivity contribution in [3.8, 4) is 22.9 Å². The third-order valence-corrected chi connectivity index (χ3v) is 4.40. The molecule has 1 amide bonds. The summed E-state index contributed by atoms with van der Waals surface area (Å²) in [5, 5.41) is 9.53. The summed E-state index contributed by atoms with van der Waals surface area (Å²) < 4.78 is 11.8. The Morgan fingerprint density at radius 1 is 1.15 bits per heavy atom. The number of aromatic amines is 1. The van der Waals surface area contributed by atoms with Gasteiger partial charge in [-0.2, -0.15) is 4.98 Å². The average Bonchev–Trinajstić information content (AvgIpc) is 3.14. The van der Waals surface area contributed by atoms with Crippen molar-refractivity contribution in [2.45, 2.75) is 12.8 Å². The number of nitrogens with zero attached hydrogens (tertiary/aromatic N) is 2. The summed E-state index contributed by atoms with van der Waals surface area (Å²) in [5.41, 5.74) is 0.773. The smallest absolute Gasteiger partial charge is 0.249 e. The number of halogens is 1. The lowest BCUT2D eigenvalue weighted by Gasteiger charge is -2.07. The molecule has 0 radical (unpaired) electrons. The number of benzene rings is 2. The zero-order valence-electron chi connectivity index (χ0n) is 14.7. The normalized spacial score (nSPS) is 10.4. The second kappa shape index (κ2) is 9.18. The molecule has 1 aromatic heterocycles. The second-order valence-electron chi connectivity index (χ2n) is 5.64. The molecule has 0 saturated heterocycles. The molecule has 7 nitrogen and oxygen atoms in total. The standard InChI is InChI=1S/C19H19BrN4O3/c1-26-15-9-4-2-7-13(15)18-22-19(24-23-18)21-17(25)11-6-12-27-16-10-5-3-8-14(16)20/h2-5,7-10H,6,11-12H2,1H3,(H2,21,22,23,24,25). The van der Waals surface area contributed by atoms with Gasteiger partial charge in [-0.05, 0) is 46.6 Å². The zero-order valence-corrected chi connectivity index (χ0v) is 16.3. The third kappa shape index (κ3) is 5.07. The van der Waals surface area contributed by atoms with Crippen LogP contribution in [0, 0.1) is 0 Å². The van der Waals surface area contributed by atoms with E-state index in [2.05, 4.69) is 36.4 Å². The summed E-state index contributed by atoms with van der Waals surface area (Å²) in [6, 6.07) is 15.0. The van der Waals surface area contributed by atoms with E-state index >= 15 is 0 Å². The summed E-state index contributed by atoms with van der Waals surface area (Å²) >= 11 is 3.42. The maximum Gasteiger partial charge on any atom is 0.249 e. The number of ether oxygens (including phenoxy) is 2. The lowest BCUT2D eigenvalue weighted by Crippen LogP contribution is -2.13. The van der Waals surface area contributed by atoms with Gasteiger partial charge in [-0.15, -0.1) is 5.10 Å². The molecule has 27 heavy (non-hydrogen) atoms. The topological polar surface area (TPSA) is 89.1 Å². The molecule has 0 aliphatic rings. The van der Waals surface area contributed by atoms with Crippen molar-refractivity contribution in [3.63, 3.8) is 0 Å². The lowest BCUT2D eigenvalue weighted by molar-refractivity contribution is -0.116. The number of aromatic nitrogens is 3. The van der Waals surface area contributed by atoms with Gasteiger partial charge in [0.05, 0.1) is 23.8 Å². The lowest BCUT2D eigenvalue weighted by atomic mass is 10.2. The van der Waals surface area contributed by atoms with Gasteiger partial charge in [0.25, 0.3) is 0 Å². The van der Waals surface area contributed by atoms with E-state index in [1.165, 1.54) is 0 Å². The van der Waals surface area contributed by atoms with Gasteiger partial charge >= 0.3 is 0 Å². The predicted octanol–water partition coefficient (Wildman–Crippen LogP) is 4.04. The van der Waals surface area contributed by atoms with Gasteiger partial charge in [-0.3, -0.25) is 15.2 Å². The number of H-pyrrole nitrogens is 1. The van der Waals surface area contributed by atoms with Gasteiger partial charge in [-0.25, -0.2) is 0 Å². The highest BCUT2D eigenvalue weighted by molar-refractivity contribution is 9.10. The fourth-order valence-corrected chi connectivity index (χ4v) is 2.84. The van der Waals surface area contributed by atoms with Crippen LogP contribution in [0.25, 0.3) is 11.4 Å². The van der Waals surface area contributed by atoms with E-state index in [4.69, 9.17) is 9.47 Å². The highest BCUT2D eigenvalue weighted by Gasteiger charge is 2.12.